The summed E-state index contributed by atoms with van der Waals surface area (Å²) in [6.45, 7) is 1.29. The average molecular weight is 146 g/mol. The van der Waals surface area contributed by atoms with Crippen LogP contribution in [0.5, 0.6) is 0 Å². The summed E-state index contributed by atoms with van der Waals surface area (Å²) < 4.78 is 10.1. The number of rotatable bonds is 4. The third-order valence-corrected chi connectivity index (χ3v) is 1.71. The third-order valence-electron chi connectivity index (χ3n) is 1.71. The molecule has 1 rings (SSSR count). The van der Waals surface area contributed by atoms with Gasteiger partial charge in [0.2, 0.25) is 0 Å². The topological polar surface area (TPSA) is 38.7 Å². The maximum atomic E-state index is 8.86. The van der Waals surface area contributed by atoms with Crippen molar-refractivity contribution in [1.82, 2.24) is 0 Å². The van der Waals surface area contributed by atoms with E-state index < -0.39 is 0 Å². The second-order valence-electron chi connectivity index (χ2n) is 2.61. The van der Waals surface area contributed by atoms with Crippen molar-refractivity contribution in [3.8, 4) is 0 Å². The van der Waals surface area contributed by atoms with Gasteiger partial charge in [0.05, 0.1) is 25.4 Å². The maximum Gasteiger partial charge on any atom is 0.0704 e. The van der Waals surface area contributed by atoms with E-state index >= 15 is 0 Å². The van der Waals surface area contributed by atoms with Crippen LogP contribution < -0.4 is 0 Å². The molecule has 3 heteroatoms. The Hall–Kier alpha value is -0.120. The summed E-state index contributed by atoms with van der Waals surface area (Å²) >= 11 is 0. The zero-order valence-electron chi connectivity index (χ0n) is 6.25. The highest BCUT2D eigenvalue weighted by Gasteiger charge is 2.27. The Bertz CT molecular complexity index is 88.9. The van der Waals surface area contributed by atoms with Crippen LogP contribution in [0.1, 0.15) is 12.8 Å². The molecule has 0 bridgehead atoms. The molecule has 1 aliphatic rings. The lowest BCUT2D eigenvalue weighted by atomic mass is 9.92. The minimum absolute atomic E-state index is 0.118. The molecule has 0 atom stereocenters. The first-order valence-electron chi connectivity index (χ1n) is 3.61. The largest absolute Gasteiger partial charge is 0.393 e. The van der Waals surface area contributed by atoms with Crippen LogP contribution in [0.3, 0.4) is 0 Å². The van der Waals surface area contributed by atoms with Gasteiger partial charge in [0.1, 0.15) is 0 Å². The second kappa shape index (κ2) is 3.91. The molecule has 0 aromatic rings. The van der Waals surface area contributed by atoms with Crippen LogP contribution in [0.4, 0.5) is 0 Å². The van der Waals surface area contributed by atoms with Crippen LogP contribution in [0.2, 0.25) is 0 Å². The standard InChI is InChI=1S/C7H14O3/c1-9-2-3-10-7-4-6(8)5-7/h6-8H,2-5H2,1H3. The van der Waals surface area contributed by atoms with Crippen molar-refractivity contribution in [2.24, 2.45) is 0 Å². The van der Waals surface area contributed by atoms with Gasteiger partial charge in [-0.2, -0.15) is 0 Å². The first-order valence-corrected chi connectivity index (χ1v) is 3.61. The highest BCUT2D eigenvalue weighted by Crippen LogP contribution is 2.22. The Morgan fingerprint density at radius 2 is 2.10 bits per heavy atom. The molecule has 1 aliphatic carbocycles. The monoisotopic (exact) mass is 146 g/mol. The van der Waals surface area contributed by atoms with E-state index in [1.807, 2.05) is 0 Å². The van der Waals surface area contributed by atoms with E-state index in [1.165, 1.54) is 0 Å². The summed E-state index contributed by atoms with van der Waals surface area (Å²) in [4.78, 5) is 0. The van der Waals surface area contributed by atoms with Crippen molar-refractivity contribution in [2.75, 3.05) is 20.3 Å². The summed E-state index contributed by atoms with van der Waals surface area (Å²) in [5.74, 6) is 0. The molecule has 10 heavy (non-hydrogen) atoms. The van der Waals surface area contributed by atoms with Gasteiger partial charge >= 0.3 is 0 Å². The van der Waals surface area contributed by atoms with Crippen molar-refractivity contribution in [3.05, 3.63) is 0 Å². The molecule has 1 fully saturated rings. The SMILES string of the molecule is COCCOC1CC(O)C1. The molecular formula is C7H14O3. The van der Waals surface area contributed by atoms with Crippen LogP contribution in [0.25, 0.3) is 0 Å². The molecule has 0 radical (unpaired) electrons. The molecule has 0 heterocycles. The fraction of sp³-hybridized carbons (Fsp3) is 1.00. The van der Waals surface area contributed by atoms with Crippen LogP contribution in [0.15, 0.2) is 0 Å². The summed E-state index contributed by atoms with van der Waals surface area (Å²) in [6.07, 6.45) is 1.76. The minimum Gasteiger partial charge on any atom is -0.393 e. The molecule has 0 aliphatic heterocycles. The quantitative estimate of drug-likeness (QED) is 0.575. The normalized spacial score (nSPS) is 31.8. The average Bonchev–Trinajstić information content (AvgIpc) is 1.85. The van der Waals surface area contributed by atoms with Crippen LogP contribution in [-0.2, 0) is 9.47 Å². The molecule has 1 saturated carbocycles. The molecular weight excluding hydrogens is 132 g/mol. The molecule has 0 aromatic heterocycles. The van der Waals surface area contributed by atoms with E-state index in [0.29, 0.717) is 13.2 Å². The number of hydrogen-bond donors (Lipinski definition) is 1. The molecule has 3 nitrogen and oxygen atoms in total. The highest BCUT2D eigenvalue weighted by molar-refractivity contribution is 4.78. The number of ether oxygens (including phenoxy) is 2. The van der Waals surface area contributed by atoms with Crippen molar-refractivity contribution in [2.45, 2.75) is 25.0 Å². The van der Waals surface area contributed by atoms with Gasteiger partial charge in [-0.05, 0) is 12.8 Å². The van der Waals surface area contributed by atoms with Gasteiger partial charge in [0, 0.05) is 7.11 Å². The van der Waals surface area contributed by atoms with E-state index in [-0.39, 0.29) is 12.2 Å². The van der Waals surface area contributed by atoms with Crippen molar-refractivity contribution >= 4 is 0 Å². The highest BCUT2D eigenvalue weighted by atomic mass is 16.5. The van der Waals surface area contributed by atoms with Gasteiger partial charge < -0.3 is 14.6 Å². The predicted octanol–water partition coefficient (Wildman–Crippen LogP) is 0.173. The lowest BCUT2D eigenvalue weighted by Crippen LogP contribution is -2.35. The van der Waals surface area contributed by atoms with Gasteiger partial charge in [-0.1, -0.05) is 0 Å². The van der Waals surface area contributed by atoms with Crippen molar-refractivity contribution in [1.29, 1.82) is 0 Å². The number of hydrogen-bond acceptors (Lipinski definition) is 3. The summed E-state index contributed by atoms with van der Waals surface area (Å²) in [6, 6.07) is 0. The van der Waals surface area contributed by atoms with Crippen LogP contribution in [0, 0.1) is 0 Å². The molecule has 0 spiro atoms. The maximum absolute atomic E-state index is 8.86. The Morgan fingerprint density at radius 3 is 2.60 bits per heavy atom. The molecule has 0 aromatic carbocycles. The predicted molar refractivity (Wildman–Crippen MR) is 36.9 cm³/mol. The van der Waals surface area contributed by atoms with Crippen molar-refractivity contribution in [3.63, 3.8) is 0 Å². The third kappa shape index (κ3) is 2.25. The van der Waals surface area contributed by atoms with Gasteiger partial charge in [-0.25, -0.2) is 0 Å². The smallest absolute Gasteiger partial charge is 0.0704 e. The molecule has 0 saturated heterocycles. The Labute approximate surface area is 60.9 Å². The van der Waals surface area contributed by atoms with E-state index in [2.05, 4.69) is 0 Å². The molecule has 1 N–H and O–H groups in total. The Kier molecular flexibility index (Phi) is 3.12. The Balaban J connectivity index is 1.86. The van der Waals surface area contributed by atoms with Crippen molar-refractivity contribution < 1.29 is 14.6 Å². The van der Waals surface area contributed by atoms with Gasteiger partial charge in [0.25, 0.3) is 0 Å². The van der Waals surface area contributed by atoms with Crippen LogP contribution >= 0.6 is 0 Å². The first-order chi connectivity index (χ1) is 4.83. The van der Waals surface area contributed by atoms with E-state index in [9.17, 15) is 0 Å². The summed E-state index contributed by atoms with van der Waals surface area (Å²) in [5, 5.41) is 8.86. The Morgan fingerprint density at radius 1 is 1.40 bits per heavy atom. The molecule has 0 unspecified atom stereocenters. The van der Waals surface area contributed by atoms with Gasteiger partial charge in [-0.3, -0.25) is 0 Å². The lowest BCUT2D eigenvalue weighted by molar-refractivity contribution is -0.0806. The van der Waals surface area contributed by atoms with E-state index in [0.717, 1.165) is 12.8 Å². The van der Waals surface area contributed by atoms with Gasteiger partial charge in [0.15, 0.2) is 0 Å². The minimum atomic E-state index is -0.118. The van der Waals surface area contributed by atoms with E-state index in [4.69, 9.17) is 14.6 Å². The number of methoxy groups -OCH3 is 1. The van der Waals surface area contributed by atoms with E-state index in [1.54, 1.807) is 7.11 Å². The van der Waals surface area contributed by atoms with Crippen LogP contribution in [-0.4, -0.2) is 37.6 Å². The fourth-order valence-electron chi connectivity index (χ4n) is 0.972. The zero-order valence-corrected chi connectivity index (χ0v) is 6.25. The second-order valence-corrected chi connectivity index (χ2v) is 2.61. The van der Waals surface area contributed by atoms with Gasteiger partial charge in [-0.15, -0.1) is 0 Å². The summed E-state index contributed by atoms with van der Waals surface area (Å²) in [7, 11) is 1.65. The lowest BCUT2D eigenvalue weighted by Gasteiger charge is -2.30. The molecule has 60 valence electrons. The fourth-order valence-corrected chi connectivity index (χ4v) is 0.972. The number of aliphatic hydroxyl groups excluding tert-OH is 1. The number of aliphatic hydroxyl groups is 1. The summed E-state index contributed by atoms with van der Waals surface area (Å²) in [5.41, 5.74) is 0. The first kappa shape index (κ1) is 7.98. The molecule has 0 amide bonds. The zero-order chi connectivity index (χ0) is 7.40.